The lowest BCUT2D eigenvalue weighted by Gasteiger charge is -2.11. The molecule has 0 radical (unpaired) electrons. The van der Waals surface area contributed by atoms with E-state index < -0.39 is 0 Å². The van der Waals surface area contributed by atoms with Crippen LogP contribution >= 0.6 is 0 Å². The van der Waals surface area contributed by atoms with Gasteiger partial charge in [-0.05, 0) is 17.7 Å². The minimum atomic E-state index is -0.376. The predicted octanol–water partition coefficient (Wildman–Crippen LogP) is 1.31. The maximum absolute atomic E-state index is 11.8. The van der Waals surface area contributed by atoms with Crippen molar-refractivity contribution < 1.29 is 19.1 Å². The van der Waals surface area contributed by atoms with Crippen LogP contribution in [0.25, 0.3) is 0 Å². The van der Waals surface area contributed by atoms with Crippen LogP contribution in [-0.4, -0.2) is 25.2 Å². The fourth-order valence-corrected chi connectivity index (χ4v) is 1.75. The topological polar surface area (TPSA) is 66.8 Å². The van der Waals surface area contributed by atoms with Crippen molar-refractivity contribution in [2.45, 2.75) is 6.61 Å². The van der Waals surface area contributed by atoms with Gasteiger partial charge in [0.25, 0.3) is 0 Å². The highest BCUT2D eigenvalue weighted by molar-refractivity contribution is 5.72. The summed E-state index contributed by atoms with van der Waals surface area (Å²) in [4.78, 5) is 27.6. The van der Waals surface area contributed by atoms with Crippen LogP contribution in [0.1, 0.15) is 16.1 Å². The lowest BCUT2D eigenvalue weighted by atomic mass is 10.2. The van der Waals surface area contributed by atoms with Crippen LogP contribution in [0.15, 0.2) is 41.3 Å². The Labute approximate surface area is 121 Å². The first kappa shape index (κ1) is 14.6. The Morgan fingerprint density at radius 2 is 1.90 bits per heavy atom. The van der Waals surface area contributed by atoms with E-state index in [0.717, 1.165) is 11.3 Å². The number of hydrogen-bond donors (Lipinski definition) is 0. The van der Waals surface area contributed by atoms with Gasteiger partial charge in [0.2, 0.25) is 5.43 Å². The second kappa shape index (κ2) is 6.60. The average molecular weight is 289 g/mol. The molecule has 110 valence electrons. The molecule has 1 aromatic heterocycles. The van der Waals surface area contributed by atoms with E-state index in [1.807, 2.05) is 24.3 Å². The molecule has 2 rings (SSSR count). The molecule has 0 aliphatic carbocycles. The van der Waals surface area contributed by atoms with Crippen molar-refractivity contribution in [1.82, 2.24) is 4.73 Å². The monoisotopic (exact) mass is 289 g/mol. The van der Waals surface area contributed by atoms with Crippen molar-refractivity contribution in [2.75, 3.05) is 14.2 Å². The molecule has 0 unspecified atom stereocenters. The van der Waals surface area contributed by atoms with Gasteiger partial charge in [0.15, 0.2) is 12.0 Å². The molecule has 6 nitrogen and oxygen atoms in total. The molecule has 0 atom stereocenters. The van der Waals surface area contributed by atoms with Crippen LogP contribution in [0, 0.1) is 0 Å². The molecular formula is C15H15NO5. The molecule has 21 heavy (non-hydrogen) atoms. The van der Waals surface area contributed by atoms with E-state index in [1.165, 1.54) is 24.1 Å². The largest absolute Gasteiger partial charge is 0.497 e. The van der Waals surface area contributed by atoms with Crippen molar-refractivity contribution in [2.24, 2.45) is 0 Å². The zero-order valence-corrected chi connectivity index (χ0v) is 11.7. The molecule has 0 saturated heterocycles. The Morgan fingerprint density at radius 3 is 2.48 bits per heavy atom. The molecule has 0 N–H and O–H groups in total. The number of carbonyl (C=O) groups is 1. The van der Waals surface area contributed by atoms with E-state index in [4.69, 9.17) is 14.3 Å². The van der Waals surface area contributed by atoms with Crippen LogP contribution in [0.5, 0.6) is 11.5 Å². The molecule has 0 bridgehead atoms. The maximum Gasteiger partial charge on any atom is 0.224 e. The third kappa shape index (κ3) is 3.42. The lowest BCUT2D eigenvalue weighted by molar-refractivity contribution is 0.105. The van der Waals surface area contributed by atoms with Gasteiger partial charge in [-0.2, -0.15) is 4.73 Å². The summed E-state index contributed by atoms with van der Waals surface area (Å²) in [5.74, 6) is 0.856. The third-order valence-corrected chi connectivity index (χ3v) is 2.88. The zero-order valence-electron chi connectivity index (χ0n) is 11.7. The first-order valence-electron chi connectivity index (χ1n) is 6.20. The molecule has 0 amide bonds. The fraction of sp³-hybridized carbons (Fsp3) is 0.200. The van der Waals surface area contributed by atoms with Crippen LogP contribution < -0.4 is 19.7 Å². The first-order valence-corrected chi connectivity index (χ1v) is 6.20. The number of ether oxygens (including phenoxy) is 2. The standard InChI is InChI=1S/C15H15NO5/c1-19-13-5-3-11(4-6-13)10-21-15-8-16(20-2)12(9-17)7-14(15)18/h3-9H,10H2,1-2H3. The maximum atomic E-state index is 11.8. The highest BCUT2D eigenvalue weighted by atomic mass is 16.6. The smallest absolute Gasteiger partial charge is 0.224 e. The number of nitrogens with zero attached hydrogens (tertiary/aromatic N) is 1. The van der Waals surface area contributed by atoms with Gasteiger partial charge in [-0.1, -0.05) is 12.1 Å². The number of hydrogen-bond acceptors (Lipinski definition) is 5. The summed E-state index contributed by atoms with van der Waals surface area (Å²) in [6, 6.07) is 8.46. The lowest BCUT2D eigenvalue weighted by Crippen LogP contribution is -2.18. The van der Waals surface area contributed by atoms with E-state index in [1.54, 1.807) is 7.11 Å². The van der Waals surface area contributed by atoms with Gasteiger partial charge in [-0.25, -0.2) is 0 Å². The van der Waals surface area contributed by atoms with Crippen molar-refractivity contribution in [3.63, 3.8) is 0 Å². The number of carbonyl (C=O) groups excluding carboxylic acids is 1. The number of pyridine rings is 1. The predicted molar refractivity (Wildman–Crippen MR) is 75.9 cm³/mol. The second-order valence-corrected chi connectivity index (χ2v) is 4.19. The molecule has 1 aromatic carbocycles. The summed E-state index contributed by atoms with van der Waals surface area (Å²) < 4.78 is 11.7. The summed E-state index contributed by atoms with van der Waals surface area (Å²) in [6.07, 6.45) is 1.88. The van der Waals surface area contributed by atoms with Crippen molar-refractivity contribution in [3.8, 4) is 11.5 Å². The molecule has 1 heterocycles. The van der Waals surface area contributed by atoms with E-state index >= 15 is 0 Å². The molecule has 6 heteroatoms. The van der Waals surface area contributed by atoms with Crippen LogP contribution in [0.4, 0.5) is 0 Å². The number of benzene rings is 1. The fourth-order valence-electron chi connectivity index (χ4n) is 1.75. The van der Waals surface area contributed by atoms with Gasteiger partial charge < -0.3 is 14.3 Å². The van der Waals surface area contributed by atoms with Crippen molar-refractivity contribution in [1.29, 1.82) is 0 Å². The van der Waals surface area contributed by atoms with Gasteiger partial charge in [0.05, 0.1) is 13.3 Å². The molecule has 2 aromatic rings. The highest BCUT2D eigenvalue weighted by Gasteiger charge is 2.08. The van der Waals surface area contributed by atoms with Gasteiger partial charge >= 0.3 is 0 Å². The van der Waals surface area contributed by atoms with Crippen LogP contribution in [0.3, 0.4) is 0 Å². The average Bonchev–Trinajstić information content (AvgIpc) is 2.53. The minimum absolute atomic E-state index is 0.110. The number of aldehydes is 1. The Hall–Kier alpha value is -2.76. The molecule has 0 spiro atoms. The Balaban J connectivity index is 2.15. The van der Waals surface area contributed by atoms with E-state index in [-0.39, 0.29) is 23.5 Å². The Morgan fingerprint density at radius 1 is 1.19 bits per heavy atom. The Kier molecular flexibility index (Phi) is 4.61. The SMILES string of the molecule is COc1ccc(COc2cn(OC)c(C=O)cc2=O)cc1. The highest BCUT2D eigenvalue weighted by Crippen LogP contribution is 2.13. The zero-order chi connectivity index (χ0) is 15.2. The quantitative estimate of drug-likeness (QED) is 0.750. The summed E-state index contributed by atoms with van der Waals surface area (Å²) in [5, 5.41) is 0. The van der Waals surface area contributed by atoms with E-state index in [0.29, 0.717) is 6.29 Å². The van der Waals surface area contributed by atoms with Gasteiger partial charge in [0, 0.05) is 6.07 Å². The second-order valence-electron chi connectivity index (χ2n) is 4.19. The first-order chi connectivity index (χ1) is 10.2. The molecule has 0 saturated carbocycles. The van der Waals surface area contributed by atoms with Crippen LogP contribution in [0.2, 0.25) is 0 Å². The molecule has 0 aliphatic heterocycles. The van der Waals surface area contributed by atoms with Crippen molar-refractivity contribution >= 4 is 6.29 Å². The van der Waals surface area contributed by atoms with E-state index in [9.17, 15) is 9.59 Å². The van der Waals surface area contributed by atoms with E-state index in [2.05, 4.69) is 0 Å². The number of aromatic nitrogens is 1. The Bertz CT molecular complexity index is 675. The minimum Gasteiger partial charge on any atom is -0.497 e. The summed E-state index contributed by atoms with van der Waals surface area (Å²) in [7, 11) is 2.98. The van der Waals surface area contributed by atoms with Gasteiger partial charge in [-0.3, -0.25) is 9.59 Å². The number of rotatable bonds is 6. The molecule has 0 aliphatic rings. The summed E-state index contributed by atoms with van der Waals surface area (Å²) >= 11 is 0. The van der Waals surface area contributed by atoms with Crippen molar-refractivity contribution in [3.05, 3.63) is 58.0 Å². The molecule has 0 fully saturated rings. The third-order valence-electron chi connectivity index (χ3n) is 2.88. The number of methoxy groups -OCH3 is 1. The van der Waals surface area contributed by atoms with Gasteiger partial charge in [0.1, 0.15) is 25.2 Å². The van der Waals surface area contributed by atoms with Crippen LogP contribution in [-0.2, 0) is 6.61 Å². The normalized spacial score (nSPS) is 10.0. The molecular weight excluding hydrogens is 274 g/mol. The summed E-state index contributed by atoms with van der Waals surface area (Å²) in [5.41, 5.74) is 0.636. The van der Waals surface area contributed by atoms with Gasteiger partial charge in [-0.15, -0.1) is 0 Å². The summed E-state index contributed by atoms with van der Waals surface area (Å²) in [6.45, 7) is 0.226.